The van der Waals surface area contributed by atoms with Crippen molar-refractivity contribution in [2.45, 2.75) is 32.6 Å². The Morgan fingerprint density at radius 1 is 1.08 bits per heavy atom. The van der Waals surface area contributed by atoms with Crippen molar-refractivity contribution in [1.29, 1.82) is 0 Å². The summed E-state index contributed by atoms with van der Waals surface area (Å²) in [7, 11) is 0. The minimum absolute atomic E-state index is 0.307. The molecule has 0 aliphatic rings. The topological polar surface area (TPSA) is 41.5 Å². The van der Waals surface area contributed by atoms with Crippen LogP contribution in [0, 0.1) is 0 Å². The van der Waals surface area contributed by atoms with Gasteiger partial charge in [-0.2, -0.15) is 0 Å². The van der Waals surface area contributed by atoms with E-state index in [2.05, 4.69) is 12.2 Å². The Morgan fingerprint density at radius 3 is 2.54 bits per heavy atom. The van der Waals surface area contributed by atoms with Gasteiger partial charge in [-0.1, -0.05) is 6.92 Å². The Morgan fingerprint density at radius 2 is 1.85 bits per heavy atom. The average Bonchev–Trinajstić information content (AvgIpc) is 2.16. The third kappa shape index (κ3) is 11.9. The maximum atomic E-state index is 8.52. The van der Waals surface area contributed by atoms with Crippen molar-refractivity contribution in [1.82, 2.24) is 5.32 Å². The Hall–Kier alpha value is -0.120. The van der Waals surface area contributed by atoms with Gasteiger partial charge in [-0.25, -0.2) is 0 Å². The molecule has 0 aromatic rings. The second kappa shape index (κ2) is 11.9. The van der Waals surface area contributed by atoms with Crippen LogP contribution in [0.3, 0.4) is 0 Å². The van der Waals surface area contributed by atoms with Crippen LogP contribution in [0.2, 0.25) is 0 Å². The molecule has 2 N–H and O–H groups in total. The molecule has 0 aliphatic carbocycles. The van der Waals surface area contributed by atoms with Crippen LogP contribution in [0.25, 0.3) is 0 Å². The molecule has 0 saturated carbocycles. The van der Waals surface area contributed by atoms with Gasteiger partial charge in [0.05, 0.1) is 0 Å². The molecule has 13 heavy (non-hydrogen) atoms. The lowest BCUT2D eigenvalue weighted by Crippen LogP contribution is -2.18. The number of nitrogens with one attached hydrogen (secondary N) is 1. The smallest absolute Gasteiger partial charge is 0.0478 e. The Bertz CT molecular complexity index is 79.0. The second-order valence-electron chi connectivity index (χ2n) is 3.15. The SMILES string of the molecule is CCCOCCCNCCCCO. The van der Waals surface area contributed by atoms with Crippen LogP contribution in [0.5, 0.6) is 0 Å². The molecule has 0 atom stereocenters. The summed E-state index contributed by atoms with van der Waals surface area (Å²) in [5, 5.41) is 11.8. The van der Waals surface area contributed by atoms with Gasteiger partial charge in [-0.05, 0) is 38.8 Å². The summed E-state index contributed by atoms with van der Waals surface area (Å²) in [6, 6.07) is 0. The van der Waals surface area contributed by atoms with E-state index in [0.717, 1.165) is 52.0 Å². The zero-order chi connectivity index (χ0) is 9.78. The van der Waals surface area contributed by atoms with Crippen molar-refractivity contribution in [2.24, 2.45) is 0 Å². The fraction of sp³-hybridized carbons (Fsp3) is 1.00. The van der Waals surface area contributed by atoms with E-state index in [0.29, 0.717) is 6.61 Å². The molecule has 3 nitrogen and oxygen atoms in total. The average molecular weight is 189 g/mol. The lowest BCUT2D eigenvalue weighted by molar-refractivity contribution is 0.132. The molecule has 0 saturated heterocycles. The molecule has 0 radical (unpaired) electrons. The molecule has 0 fully saturated rings. The van der Waals surface area contributed by atoms with Gasteiger partial charge in [0.2, 0.25) is 0 Å². The molecular formula is C10H23NO2. The van der Waals surface area contributed by atoms with E-state index < -0.39 is 0 Å². The van der Waals surface area contributed by atoms with Crippen LogP contribution < -0.4 is 5.32 Å². The first-order valence-corrected chi connectivity index (χ1v) is 5.31. The molecule has 0 aromatic carbocycles. The third-order valence-electron chi connectivity index (χ3n) is 1.75. The maximum absolute atomic E-state index is 8.52. The Balaban J connectivity index is 2.76. The summed E-state index contributed by atoms with van der Waals surface area (Å²) in [6.07, 6.45) is 4.15. The zero-order valence-corrected chi connectivity index (χ0v) is 8.72. The van der Waals surface area contributed by atoms with Gasteiger partial charge in [-0.15, -0.1) is 0 Å². The van der Waals surface area contributed by atoms with E-state index in [1.807, 2.05) is 0 Å². The molecule has 0 amide bonds. The quantitative estimate of drug-likeness (QED) is 0.507. The van der Waals surface area contributed by atoms with Crippen LogP contribution in [-0.2, 0) is 4.74 Å². The molecule has 0 aliphatic heterocycles. The number of aliphatic hydroxyl groups is 1. The van der Waals surface area contributed by atoms with Crippen molar-refractivity contribution in [2.75, 3.05) is 32.9 Å². The lowest BCUT2D eigenvalue weighted by Gasteiger charge is -2.04. The molecular weight excluding hydrogens is 166 g/mol. The van der Waals surface area contributed by atoms with Crippen molar-refractivity contribution < 1.29 is 9.84 Å². The molecule has 0 spiro atoms. The highest BCUT2D eigenvalue weighted by molar-refractivity contribution is 4.47. The van der Waals surface area contributed by atoms with E-state index in [9.17, 15) is 0 Å². The molecule has 3 heteroatoms. The van der Waals surface area contributed by atoms with Gasteiger partial charge in [0.1, 0.15) is 0 Å². The summed E-state index contributed by atoms with van der Waals surface area (Å²) in [5.41, 5.74) is 0. The Labute approximate surface area is 81.5 Å². The summed E-state index contributed by atoms with van der Waals surface area (Å²) >= 11 is 0. The largest absolute Gasteiger partial charge is 0.396 e. The van der Waals surface area contributed by atoms with E-state index in [1.54, 1.807) is 0 Å². The molecule has 0 unspecified atom stereocenters. The fourth-order valence-corrected chi connectivity index (χ4v) is 1.03. The predicted molar refractivity (Wildman–Crippen MR) is 54.9 cm³/mol. The van der Waals surface area contributed by atoms with Gasteiger partial charge < -0.3 is 15.2 Å². The van der Waals surface area contributed by atoms with Crippen molar-refractivity contribution >= 4 is 0 Å². The standard InChI is InChI=1S/C10H23NO2/c1-2-9-13-10-5-7-11-6-3-4-8-12/h11-12H,2-10H2,1H3. The number of hydrogen-bond donors (Lipinski definition) is 2. The normalized spacial score (nSPS) is 10.6. The number of unbranched alkanes of at least 4 members (excludes halogenated alkanes) is 1. The minimum atomic E-state index is 0.307. The van der Waals surface area contributed by atoms with E-state index in [4.69, 9.17) is 9.84 Å². The monoisotopic (exact) mass is 189 g/mol. The highest BCUT2D eigenvalue weighted by atomic mass is 16.5. The predicted octanol–water partition coefficient (Wildman–Crippen LogP) is 1.17. The van der Waals surface area contributed by atoms with Gasteiger partial charge >= 0.3 is 0 Å². The molecule has 0 bridgehead atoms. The van der Waals surface area contributed by atoms with Crippen molar-refractivity contribution in [3.05, 3.63) is 0 Å². The van der Waals surface area contributed by atoms with Crippen LogP contribution >= 0.6 is 0 Å². The van der Waals surface area contributed by atoms with Gasteiger partial charge in [0.15, 0.2) is 0 Å². The summed E-state index contributed by atoms with van der Waals surface area (Å²) in [6.45, 7) is 6.20. The maximum Gasteiger partial charge on any atom is 0.0478 e. The van der Waals surface area contributed by atoms with E-state index in [1.165, 1.54) is 0 Å². The lowest BCUT2D eigenvalue weighted by atomic mass is 10.3. The fourth-order valence-electron chi connectivity index (χ4n) is 1.03. The highest BCUT2D eigenvalue weighted by Gasteiger charge is 1.89. The number of rotatable bonds is 10. The van der Waals surface area contributed by atoms with Crippen LogP contribution in [-0.4, -0.2) is 38.0 Å². The number of aliphatic hydroxyl groups excluding tert-OH is 1. The zero-order valence-electron chi connectivity index (χ0n) is 8.72. The van der Waals surface area contributed by atoms with Crippen LogP contribution in [0.15, 0.2) is 0 Å². The highest BCUT2D eigenvalue weighted by Crippen LogP contribution is 1.86. The minimum Gasteiger partial charge on any atom is -0.396 e. The molecule has 0 rings (SSSR count). The molecule has 0 heterocycles. The summed E-state index contributed by atoms with van der Waals surface area (Å²) in [5.74, 6) is 0. The number of ether oxygens (including phenoxy) is 1. The van der Waals surface area contributed by atoms with Crippen molar-refractivity contribution in [3.63, 3.8) is 0 Å². The molecule has 0 aromatic heterocycles. The third-order valence-corrected chi connectivity index (χ3v) is 1.75. The van der Waals surface area contributed by atoms with E-state index in [-0.39, 0.29) is 0 Å². The number of hydrogen-bond acceptors (Lipinski definition) is 3. The molecule has 80 valence electrons. The van der Waals surface area contributed by atoms with Gasteiger partial charge in [-0.3, -0.25) is 0 Å². The first kappa shape index (κ1) is 12.9. The van der Waals surface area contributed by atoms with Gasteiger partial charge in [0, 0.05) is 19.8 Å². The Kier molecular flexibility index (Phi) is 11.8. The van der Waals surface area contributed by atoms with Crippen LogP contribution in [0.1, 0.15) is 32.6 Å². The summed E-state index contributed by atoms with van der Waals surface area (Å²) < 4.78 is 5.33. The van der Waals surface area contributed by atoms with Crippen molar-refractivity contribution in [3.8, 4) is 0 Å². The summed E-state index contributed by atoms with van der Waals surface area (Å²) in [4.78, 5) is 0. The first-order chi connectivity index (χ1) is 6.41. The van der Waals surface area contributed by atoms with Crippen LogP contribution in [0.4, 0.5) is 0 Å². The van der Waals surface area contributed by atoms with Gasteiger partial charge in [0.25, 0.3) is 0 Å². The first-order valence-electron chi connectivity index (χ1n) is 5.31. The van der Waals surface area contributed by atoms with E-state index >= 15 is 0 Å². The second-order valence-corrected chi connectivity index (χ2v) is 3.15.